The number of rotatable bonds is 7. The van der Waals surface area contributed by atoms with Gasteiger partial charge < -0.3 is 20.7 Å². The zero-order valence-corrected chi connectivity index (χ0v) is 15.4. The van der Waals surface area contributed by atoms with Crippen molar-refractivity contribution in [2.75, 3.05) is 12.3 Å². The number of imidazole rings is 1. The first-order valence-corrected chi connectivity index (χ1v) is 9.55. The number of nitrogens with zero attached hydrogens (tertiary/aromatic N) is 7. The van der Waals surface area contributed by atoms with Gasteiger partial charge in [-0.15, -0.1) is 9.42 Å². The summed E-state index contributed by atoms with van der Waals surface area (Å²) in [6, 6.07) is 0. The fourth-order valence-corrected chi connectivity index (χ4v) is 3.47. The Kier molecular flexibility index (Phi) is 6.05. The van der Waals surface area contributed by atoms with Gasteiger partial charge in [0.2, 0.25) is 5.95 Å². The van der Waals surface area contributed by atoms with Crippen LogP contribution < -0.4 is 5.73 Å². The number of ether oxygens (including phenoxy) is 1. The van der Waals surface area contributed by atoms with Crippen LogP contribution in [0.1, 0.15) is 6.23 Å². The molecule has 3 heterocycles. The van der Waals surface area contributed by atoms with Gasteiger partial charge in [0, 0.05) is 14.0 Å². The normalized spacial score (nSPS) is 25.5. The molecule has 0 radical (unpaired) electrons. The Morgan fingerprint density at radius 2 is 2.14 bits per heavy atom. The molecule has 0 amide bonds. The maximum atomic E-state index is 11.3. The van der Waals surface area contributed by atoms with Crippen LogP contribution in [-0.4, -0.2) is 59.5 Å². The second-order valence-corrected chi connectivity index (χ2v) is 7.12. The summed E-state index contributed by atoms with van der Waals surface area (Å²) in [6.07, 6.45) is -4.49. The van der Waals surface area contributed by atoms with Gasteiger partial charge in [0.1, 0.15) is 31.2 Å². The van der Waals surface area contributed by atoms with E-state index >= 15 is 0 Å². The van der Waals surface area contributed by atoms with Crippen molar-refractivity contribution in [1.29, 1.82) is 0 Å². The quantitative estimate of drug-likeness (QED) is 0.199. The first-order chi connectivity index (χ1) is 13.3. The van der Waals surface area contributed by atoms with Gasteiger partial charge in [0.15, 0.2) is 27.5 Å². The summed E-state index contributed by atoms with van der Waals surface area (Å²) in [5, 5.41) is 23.9. The summed E-state index contributed by atoms with van der Waals surface area (Å²) >= 11 is 0. The Balaban J connectivity index is 1.89. The van der Waals surface area contributed by atoms with Crippen LogP contribution in [0.25, 0.3) is 21.6 Å². The number of hydrogen-bond donors (Lipinski definition) is 4. The number of fused-ring (bicyclic) bond motifs is 1. The lowest BCUT2D eigenvalue weighted by Gasteiger charge is -2.17. The minimum absolute atomic E-state index is 0.0154. The van der Waals surface area contributed by atoms with E-state index in [2.05, 4.69) is 29.3 Å². The Hall–Kier alpha value is -2.38. The van der Waals surface area contributed by atoms with Crippen molar-refractivity contribution >= 4 is 39.4 Å². The van der Waals surface area contributed by atoms with Gasteiger partial charge in [0.25, 0.3) is 0 Å². The molecule has 5 N–H and O–H groups in total. The zero-order valence-electron chi connectivity index (χ0n) is 13.6. The van der Waals surface area contributed by atoms with E-state index in [4.69, 9.17) is 25.4 Å². The molecule has 1 aliphatic rings. The highest BCUT2D eigenvalue weighted by Crippen LogP contribution is 2.39. The maximum Gasteiger partial charge on any atom is 0.747 e. The summed E-state index contributed by atoms with van der Waals surface area (Å²) in [7, 11) is -6.10. The molecule has 1 fully saturated rings. The Morgan fingerprint density at radius 1 is 1.39 bits per heavy atom. The van der Waals surface area contributed by atoms with Crippen LogP contribution in [0, 0.1) is 0 Å². The molecule has 1 aliphatic heterocycles. The molecule has 0 bridgehead atoms. The van der Waals surface area contributed by atoms with Crippen molar-refractivity contribution in [2.24, 2.45) is 5.11 Å². The van der Waals surface area contributed by atoms with Crippen molar-refractivity contribution in [3.8, 4) is 0 Å². The van der Waals surface area contributed by atoms with Crippen LogP contribution in [0.4, 0.5) is 11.8 Å². The highest BCUT2D eigenvalue weighted by Gasteiger charge is 2.47. The smallest absolute Gasteiger partial charge is 0.387 e. The topological polar surface area (TPSA) is 241 Å². The average Bonchev–Trinajstić information content (AvgIpc) is 3.12. The number of azide groups is 1. The van der Waals surface area contributed by atoms with Crippen LogP contribution >= 0.6 is 16.5 Å². The average molecular weight is 434 g/mol. The summed E-state index contributed by atoms with van der Waals surface area (Å²) in [5.74, 6) is -0.271. The molecule has 6 unspecified atom stereocenters. The standard InChI is InChI=1S/C10H11N8O8P2/c11-7-4-8(14-2-13-7)18(10(15-4)16-17-12)9-6(20)5(19)3(25-9)1-24-28(23)26-27(21)22/h2-3,5-6,9,19-20H,1H2,(H2-,11,13,14,21,22)/q+1/p+1. The maximum absolute atomic E-state index is 11.3. The fourth-order valence-electron chi connectivity index (χ4n) is 2.55. The molecule has 28 heavy (non-hydrogen) atoms. The predicted molar refractivity (Wildman–Crippen MR) is 88.9 cm³/mol. The van der Waals surface area contributed by atoms with Crippen LogP contribution in [0.2, 0.25) is 0 Å². The highest BCUT2D eigenvalue weighted by atomic mass is 31.2. The van der Waals surface area contributed by atoms with E-state index in [-0.39, 0.29) is 22.9 Å². The molecular weight excluding hydrogens is 422 g/mol. The Morgan fingerprint density at radius 3 is 2.82 bits per heavy atom. The molecule has 6 atom stereocenters. The number of aromatic nitrogens is 4. The number of anilines is 1. The molecule has 2 aromatic heterocycles. The van der Waals surface area contributed by atoms with Gasteiger partial charge in [-0.3, -0.25) is 4.57 Å². The number of nitrogen functional groups attached to an aromatic ring is 1. The molecule has 3 rings (SSSR count). The van der Waals surface area contributed by atoms with Crippen LogP contribution in [0.5, 0.6) is 0 Å². The fraction of sp³-hybridized carbons (Fsp3) is 0.500. The zero-order chi connectivity index (χ0) is 20.4. The Bertz CT molecular complexity index is 980. The lowest BCUT2D eigenvalue weighted by molar-refractivity contribution is -0.0466. The van der Waals surface area contributed by atoms with E-state index in [1.54, 1.807) is 0 Å². The molecule has 1 saturated heterocycles. The summed E-state index contributed by atoms with van der Waals surface area (Å²) < 4.78 is 37.1. The summed E-state index contributed by atoms with van der Waals surface area (Å²) in [6.45, 7) is -0.548. The van der Waals surface area contributed by atoms with Crippen molar-refractivity contribution in [3.63, 3.8) is 0 Å². The number of aliphatic hydroxyl groups excluding tert-OH is 2. The number of hydrogen-bond acceptors (Lipinski definition) is 12. The van der Waals surface area contributed by atoms with Crippen LogP contribution in [0.15, 0.2) is 11.4 Å². The SMILES string of the molecule is [N-]=[N+]=Nc1nc2c(N)ncnc2n1C1OC(CO[P+](=O)O[P+](=O)O)C(O)C1O. The van der Waals surface area contributed by atoms with Gasteiger partial charge in [0.05, 0.1) is 0 Å². The molecular formula is C10H12N8O8P2+2. The third-order valence-corrected chi connectivity index (χ3v) is 5.15. The molecule has 2 aromatic rings. The van der Waals surface area contributed by atoms with E-state index in [1.807, 2.05) is 0 Å². The van der Waals surface area contributed by atoms with Crippen LogP contribution in [-0.2, 0) is 22.7 Å². The minimum atomic E-state index is -3.15. The second-order valence-electron chi connectivity index (χ2n) is 5.29. The summed E-state index contributed by atoms with van der Waals surface area (Å²) in [4.78, 5) is 22.9. The van der Waals surface area contributed by atoms with E-state index in [1.165, 1.54) is 0 Å². The van der Waals surface area contributed by atoms with E-state index in [0.717, 1.165) is 10.9 Å². The van der Waals surface area contributed by atoms with Gasteiger partial charge in [-0.1, -0.05) is 0 Å². The second kappa shape index (κ2) is 8.32. The summed E-state index contributed by atoms with van der Waals surface area (Å²) in [5.41, 5.74) is 14.6. The molecule has 148 valence electrons. The molecule has 0 saturated carbocycles. The number of aliphatic hydroxyl groups is 2. The minimum Gasteiger partial charge on any atom is -0.387 e. The van der Waals surface area contributed by atoms with E-state index in [9.17, 15) is 19.3 Å². The van der Waals surface area contributed by atoms with Crippen molar-refractivity contribution in [3.05, 3.63) is 16.8 Å². The lowest BCUT2D eigenvalue weighted by atomic mass is 10.1. The first-order valence-electron chi connectivity index (χ1n) is 7.33. The van der Waals surface area contributed by atoms with Gasteiger partial charge in [-0.05, 0) is 10.6 Å². The van der Waals surface area contributed by atoms with E-state index < -0.39 is 47.7 Å². The van der Waals surface area contributed by atoms with Gasteiger partial charge >= 0.3 is 16.5 Å². The van der Waals surface area contributed by atoms with Gasteiger partial charge in [-0.2, -0.15) is 0 Å². The molecule has 16 nitrogen and oxygen atoms in total. The lowest BCUT2D eigenvalue weighted by Crippen LogP contribution is -2.33. The van der Waals surface area contributed by atoms with Gasteiger partial charge in [-0.25, -0.2) is 15.0 Å². The van der Waals surface area contributed by atoms with Crippen molar-refractivity contribution in [2.45, 2.75) is 24.5 Å². The number of nitrogens with two attached hydrogens (primary N) is 1. The van der Waals surface area contributed by atoms with Crippen LogP contribution in [0.3, 0.4) is 0 Å². The molecule has 0 aliphatic carbocycles. The third kappa shape index (κ3) is 3.91. The van der Waals surface area contributed by atoms with Crippen molar-refractivity contribution in [1.82, 2.24) is 19.5 Å². The first kappa shape index (κ1) is 20.4. The van der Waals surface area contributed by atoms with Crippen molar-refractivity contribution < 1.29 is 37.8 Å². The largest absolute Gasteiger partial charge is 0.747 e. The van der Waals surface area contributed by atoms with E-state index in [0.29, 0.717) is 0 Å². The molecule has 0 spiro atoms. The highest BCUT2D eigenvalue weighted by molar-refractivity contribution is 7.47. The predicted octanol–water partition coefficient (Wildman–Crippen LogP) is 0.310. The molecule has 18 heteroatoms. The Labute approximate surface area is 156 Å². The monoisotopic (exact) mass is 434 g/mol. The molecule has 0 aromatic carbocycles. The third-order valence-electron chi connectivity index (χ3n) is 3.69.